The van der Waals surface area contributed by atoms with Crippen LogP contribution in [-0.4, -0.2) is 32.1 Å². The second-order valence-electron chi connectivity index (χ2n) is 6.00. The van der Waals surface area contributed by atoms with Crippen LogP contribution in [0.1, 0.15) is 30.0 Å². The number of nitrogens with one attached hydrogen (secondary N) is 1. The zero-order valence-corrected chi connectivity index (χ0v) is 17.0. The molecule has 4 aromatic rings. The molecular weight excluding hydrogens is 396 g/mol. The van der Waals surface area contributed by atoms with Gasteiger partial charge in [-0.3, -0.25) is 4.79 Å². The summed E-state index contributed by atoms with van der Waals surface area (Å²) in [7, 11) is 0. The number of carbonyl (C=O) groups is 1. The Hall–Kier alpha value is -2.65. The summed E-state index contributed by atoms with van der Waals surface area (Å²) in [6, 6.07) is 7.24. The lowest BCUT2D eigenvalue weighted by Crippen LogP contribution is -2.09. The molecule has 0 atom stereocenters. The van der Waals surface area contributed by atoms with E-state index in [4.69, 9.17) is 4.74 Å². The van der Waals surface area contributed by atoms with Crippen LogP contribution in [0, 0.1) is 0 Å². The van der Waals surface area contributed by atoms with Gasteiger partial charge in [0.05, 0.1) is 34.5 Å². The molecule has 28 heavy (non-hydrogen) atoms. The van der Waals surface area contributed by atoms with Crippen LogP contribution < -0.4 is 5.56 Å². The number of fused-ring (bicyclic) bond motifs is 2. The van der Waals surface area contributed by atoms with Gasteiger partial charge in [-0.15, -0.1) is 11.3 Å². The highest BCUT2D eigenvalue weighted by Gasteiger charge is 2.15. The van der Waals surface area contributed by atoms with E-state index >= 15 is 0 Å². The number of imidazole rings is 1. The summed E-state index contributed by atoms with van der Waals surface area (Å²) >= 11 is 2.89. The highest BCUT2D eigenvalue weighted by atomic mass is 32.2. The fourth-order valence-corrected chi connectivity index (χ4v) is 4.66. The molecule has 4 rings (SSSR count). The molecule has 0 aliphatic carbocycles. The Kier molecular flexibility index (Phi) is 5.19. The van der Waals surface area contributed by atoms with E-state index < -0.39 is 0 Å². The normalized spacial score (nSPS) is 11.4. The molecule has 9 heteroatoms. The van der Waals surface area contributed by atoms with Crippen molar-refractivity contribution in [2.24, 2.45) is 0 Å². The van der Waals surface area contributed by atoms with Crippen molar-refractivity contribution in [1.82, 2.24) is 19.5 Å². The molecule has 0 radical (unpaired) electrons. The maximum absolute atomic E-state index is 12.1. The van der Waals surface area contributed by atoms with Gasteiger partial charge in [-0.25, -0.2) is 14.8 Å². The van der Waals surface area contributed by atoms with Crippen LogP contribution in [0.3, 0.4) is 0 Å². The molecule has 0 aliphatic rings. The van der Waals surface area contributed by atoms with E-state index in [9.17, 15) is 9.59 Å². The minimum absolute atomic E-state index is 0.112. The van der Waals surface area contributed by atoms with E-state index in [1.54, 1.807) is 19.1 Å². The maximum Gasteiger partial charge on any atom is 0.338 e. The predicted molar refractivity (Wildman–Crippen MR) is 111 cm³/mol. The molecule has 0 unspecified atom stereocenters. The van der Waals surface area contributed by atoms with Gasteiger partial charge in [0.25, 0.3) is 5.56 Å². The second-order valence-corrected chi connectivity index (χ2v) is 7.86. The van der Waals surface area contributed by atoms with E-state index in [1.807, 2.05) is 24.4 Å². The summed E-state index contributed by atoms with van der Waals surface area (Å²) in [6.45, 7) is 4.90. The first-order chi connectivity index (χ1) is 13.6. The Morgan fingerprint density at radius 2 is 2.11 bits per heavy atom. The quantitative estimate of drug-likeness (QED) is 0.381. The first-order valence-electron chi connectivity index (χ1n) is 8.87. The van der Waals surface area contributed by atoms with E-state index in [2.05, 4.69) is 19.5 Å². The predicted octanol–water partition coefficient (Wildman–Crippen LogP) is 3.82. The van der Waals surface area contributed by atoms with Gasteiger partial charge in [0.1, 0.15) is 10.5 Å². The molecule has 144 valence electrons. The number of thiophene rings is 1. The molecule has 0 fully saturated rings. The molecule has 7 nitrogen and oxygen atoms in total. The Labute approximate surface area is 168 Å². The summed E-state index contributed by atoms with van der Waals surface area (Å²) in [5.41, 5.74) is 2.78. The van der Waals surface area contributed by atoms with Crippen LogP contribution in [0.25, 0.3) is 21.3 Å². The van der Waals surface area contributed by atoms with Gasteiger partial charge >= 0.3 is 5.97 Å². The zero-order chi connectivity index (χ0) is 19.7. The Morgan fingerprint density at radius 1 is 1.25 bits per heavy atom. The van der Waals surface area contributed by atoms with Gasteiger partial charge in [-0.05, 0) is 43.5 Å². The number of esters is 1. The molecule has 3 aromatic heterocycles. The number of aromatic amines is 1. The van der Waals surface area contributed by atoms with Crippen LogP contribution in [0.5, 0.6) is 0 Å². The number of benzene rings is 1. The molecule has 0 saturated heterocycles. The molecule has 1 aromatic carbocycles. The summed E-state index contributed by atoms with van der Waals surface area (Å²) < 4.78 is 7.78. The van der Waals surface area contributed by atoms with Crippen LogP contribution in [0.2, 0.25) is 0 Å². The third-order valence-electron chi connectivity index (χ3n) is 4.24. The van der Waals surface area contributed by atoms with Crippen molar-refractivity contribution >= 4 is 50.3 Å². The van der Waals surface area contributed by atoms with Crippen molar-refractivity contribution in [2.75, 3.05) is 6.61 Å². The van der Waals surface area contributed by atoms with Gasteiger partial charge in [-0.1, -0.05) is 11.8 Å². The molecule has 0 spiro atoms. The number of aryl methyl sites for hydroxylation is 1. The number of aromatic nitrogens is 4. The SMILES string of the molecule is CCOC(=O)c1ccc2c(c1)nc(SCc1nc3ccsc3c(=O)[nH]1)n2CC. The van der Waals surface area contributed by atoms with Gasteiger partial charge in [0.2, 0.25) is 0 Å². The fourth-order valence-electron chi connectivity index (χ4n) is 2.99. The highest BCUT2D eigenvalue weighted by Crippen LogP contribution is 2.27. The molecule has 0 aliphatic heterocycles. The smallest absolute Gasteiger partial charge is 0.338 e. The molecule has 3 heterocycles. The minimum Gasteiger partial charge on any atom is -0.462 e. The summed E-state index contributed by atoms with van der Waals surface area (Å²) in [6.07, 6.45) is 0. The number of thioether (sulfide) groups is 1. The van der Waals surface area contributed by atoms with Gasteiger partial charge in [0, 0.05) is 6.54 Å². The van der Waals surface area contributed by atoms with Crippen molar-refractivity contribution < 1.29 is 9.53 Å². The largest absolute Gasteiger partial charge is 0.462 e. The summed E-state index contributed by atoms with van der Waals surface area (Å²) in [5.74, 6) is 0.757. The third-order valence-corrected chi connectivity index (χ3v) is 6.13. The van der Waals surface area contributed by atoms with Gasteiger partial charge < -0.3 is 14.3 Å². The zero-order valence-electron chi connectivity index (χ0n) is 15.4. The van der Waals surface area contributed by atoms with Crippen molar-refractivity contribution in [2.45, 2.75) is 31.3 Å². The van der Waals surface area contributed by atoms with Crippen molar-refractivity contribution in [3.05, 3.63) is 51.4 Å². The average Bonchev–Trinajstić information content (AvgIpc) is 3.30. The molecule has 0 saturated carbocycles. The lowest BCUT2D eigenvalue weighted by Gasteiger charge is -2.06. The Morgan fingerprint density at radius 3 is 2.89 bits per heavy atom. The topological polar surface area (TPSA) is 89.9 Å². The average molecular weight is 415 g/mol. The van der Waals surface area contributed by atoms with E-state index in [1.165, 1.54) is 23.1 Å². The number of carbonyl (C=O) groups excluding carboxylic acids is 1. The fraction of sp³-hybridized carbons (Fsp3) is 0.263. The summed E-state index contributed by atoms with van der Waals surface area (Å²) in [5, 5.41) is 2.67. The van der Waals surface area contributed by atoms with E-state index in [-0.39, 0.29) is 11.5 Å². The van der Waals surface area contributed by atoms with Crippen molar-refractivity contribution in [3.8, 4) is 0 Å². The monoisotopic (exact) mass is 414 g/mol. The molecule has 0 amide bonds. The Balaban J connectivity index is 1.63. The van der Waals surface area contributed by atoms with Crippen LogP contribution >= 0.6 is 23.1 Å². The molecular formula is C19H18N4O3S2. The van der Waals surface area contributed by atoms with Crippen LogP contribution in [-0.2, 0) is 17.0 Å². The number of hydrogen-bond donors (Lipinski definition) is 1. The van der Waals surface area contributed by atoms with Crippen molar-refractivity contribution in [3.63, 3.8) is 0 Å². The first-order valence-corrected chi connectivity index (χ1v) is 10.7. The van der Waals surface area contributed by atoms with E-state index in [0.29, 0.717) is 34.0 Å². The van der Waals surface area contributed by atoms with Crippen molar-refractivity contribution in [1.29, 1.82) is 0 Å². The maximum atomic E-state index is 12.1. The van der Waals surface area contributed by atoms with E-state index in [0.717, 1.165) is 22.7 Å². The number of ether oxygens (including phenoxy) is 1. The minimum atomic E-state index is -0.351. The lowest BCUT2D eigenvalue weighted by atomic mass is 10.2. The number of nitrogens with zero attached hydrogens (tertiary/aromatic N) is 3. The van der Waals surface area contributed by atoms with Gasteiger partial charge in [-0.2, -0.15) is 0 Å². The van der Waals surface area contributed by atoms with Crippen LogP contribution in [0.4, 0.5) is 0 Å². The first kappa shape index (κ1) is 18.7. The van der Waals surface area contributed by atoms with Gasteiger partial charge in [0.15, 0.2) is 5.16 Å². The second kappa shape index (κ2) is 7.76. The highest BCUT2D eigenvalue weighted by molar-refractivity contribution is 7.98. The third kappa shape index (κ3) is 3.43. The summed E-state index contributed by atoms with van der Waals surface area (Å²) in [4.78, 5) is 36.1. The standard InChI is InChI=1S/C19H18N4O3S2/c1-3-23-14-6-5-11(18(25)26-4-2)9-13(14)21-19(23)28-10-15-20-12-7-8-27-16(12)17(24)22-15/h5-9H,3-4,10H2,1-2H3,(H,20,22,24). The number of rotatable bonds is 6. The van der Waals surface area contributed by atoms with Crippen LogP contribution in [0.15, 0.2) is 39.6 Å². The Bertz CT molecular complexity index is 1230. The lowest BCUT2D eigenvalue weighted by molar-refractivity contribution is 0.0526. The molecule has 1 N–H and O–H groups in total. The molecule has 0 bridgehead atoms. The number of H-pyrrole nitrogens is 1. The number of hydrogen-bond acceptors (Lipinski definition) is 7.